The molecule has 0 N–H and O–H groups in total. The molecule has 0 saturated carbocycles. The molecule has 96 valence electrons. The predicted molar refractivity (Wildman–Crippen MR) is 72.6 cm³/mol. The van der Waals surface area contributed by atoms with Crippen LogP contribution in [-0.4, -0.2) is 32.4 Å². The van der Waals surface area contributed by atoms with Crippen molar-refractivity contribution in [3.8, 4) is 0 Å². The molecular formula is C12H18ClNO2S. The minimum Gasteiger partial charge on any atom is -0.345 e. The van der Waals surface area contributed by atoms with Crippen LogP contribution in [0.2, 0.25) is 0 Å². The van der Waals surface area contributed by atoms with Crippen molar-refractivity contribution in [1.29, 1.82) is 0 Å². The third kappa shape index (κ3) is 3.19. The number of aryl methyl sites for hydroxylation is 1. The number of Topliss-reactive ketones (excluding diaryl/α,β-unsaturated/α-hetero) is 1. The van der Waals surface area contributed by atoms with Crippen molar-refractivity contribution in [1.82, 2.24) is 4.57 Å². The number of nitrogens with zero attached hydrogens (tertiary/aromatic N) is 1. The Morgan fingerprint density at radius 3 is 2.59 bits per heavy atom. The van der Waals surface area contributed by atoms with E-state index in [9.17, 15) is 9.00 Å². The van der Waals surface area contributed by atoms with Crippen molar-refractivity contribution in [3.63, 3.8) is 0 Å². The Bertz CT molecular complexity index is 454. The first-order valence-electron chi connectivity index (χ1n) is 5.46. The molecule has 1 aromatic rings. The first kappa shape index (κ1) is 14.5. The molecule has 5 heteroatoms. The van der Waals surface area contributed by atoms with Crippen LogP contribution in [0, 0.1) is 13.8 Å². The van der Waals surface area contributed by atoms with Gasteiger partial charge in [0.15, 0.2) is 5.78 Å². The fourth-order valence-corrected chi connectivity index (χ4v) is 3.20. The number of carbonyl (C=O) groups excluding carboxylic acids is 1. The first-order valence-corrected chi connectivity index (χ1v) is 7.72. The molecule has 3 nitrogen and oxygen atoms in total. The van der Waals surface area contributed by atoms with Crippen LogP contribution in [-0.2, 0) is 10.8 Å². The summed E-state index contributed by atoms with van der Waals surface area (Å²) < 4.78 is 13.3. The van der Waals surface area contributed by atoms with Gasteiger partial charge in [-0.1, -0.05) is 0 Å². The summed E-state index contributed by atoms with van der Waals surface area (Å²) in [7, 11) is -0.848. The maximum absolute atomic E-state index is 11.6. The summed E-state index contributed by atoms with van der Waals surface area (Å²) in [5.41, 5.74) is 2.59. The monoisotopic (exact) mass is 275 g/mol. The van der Waals surface area contributed by atoms with Gasteiger partial charge in [-0.05, 0) is 26.8 Å². The Labute approximate surface area is 110 Å². The van der Waals surface area contributed by atoms with Gasteiger partial charge in [-0.15, -0.1) is 11.6 Å². The second-order valence-electron chi connectivity index (χ2n) is 4.30. The molecule has 2 atom stereocenters. The highest BCUT2D eigenvalue weighted by Gasteiger charge is 2.18. The van der Waals surface area contributed by atoms with Gasteiger partial charge in [0, 0.05) is 45.8 Å². The van der Waals surface area contributed by atoms with E-state index in [4.69, 9.17) is 11.6 Å². The molecule has 1 aromatic heterocycles. The van der Waals surface area contributed by atoms with E-state index in [-0.39, 0.29) is 17.7 Å². The fraction of sp³-hybridized carbons (Fsp3) is 0.583. The molecular weight excluding hydrogens is 258 g/mol. The van der Waals surface area contributed by atoms with Crippen molar-refractivity contribution >= 4 is 28.2 Å². The van der Waals surface area contributed by atoms with Crippen LogP contribution < -0.4 is 0 Å². The Morgan fingerprint density at radius 1 is 1.53 bits per heavy atom. The molecule has 1 heterocycles. The van der Waals surface area contributed by atoms with Gasteiger partial charge in [-0.25, -0.2) is 0 Å². The van der Waals surface area contributed by atoms with Crippen LogP contribution in [0.15, 0.2) is 6.07 Å². The lowest BCUT2D eigenvalue weighted by atomic mass is 10.2. The number of aromatic nitrogens is 1. The van der Waals surface area contributed by atoms with E-state index in [0.29, 0.717) is 11.3 Å². The third-order valence-electron chi connectivity index (χ3n) is 2.82. The summed E-state index contributed by atoms with van der Waals surface area (Å²) in [4.78, 5) is 11.6. The van der Waals surface area contributed by atoms with Crippen LogP contribution in [0.4, 0.5) is 0 Å². The Hall–Kier alpha value is -0.610. The van der Waals surface area contributed by atoms with E-state index in [1.165, 1.54) is 0 Å². The standard InChI is InChI=1S/C12H18ClNO2S/c1-8-5-11(12(15)6-13)10(3)14(8)9(2)7-17(4)16/h5,9H,6-7H2,1-4H3. The van der Waals surface area contributed by atoms with E-state index in [0.717, 1.165) is 11.4 Å². The van der Waals surface area contributed by atoms with Crippen LogP contribution >= 0.6 is 11.6 Å². The zero-order valence-corrected chi connectivity index (χ0v) is 12.2. The molecule has 0 saturated heterocycles. The van der Waals surface area contributed by atoms with Crippen molar-refractivity contribution in [3.05, 3.63) is 23.0 Å². The lowest BCUT2D eigenvalue weighted by molar-refractivity contribution is 0.102. The molecule has 0 aliphatic heterocycles. The first-order chi connectivity index (χ1) is 7.88. The summed E-state index contributed by atoms with van der Waals surface area (Å²) >= 11 is 5.58. The van der Waals surface area contributed by atoms with Crippen molar-refractivity contribution < 1.29 is 9.00 Å². The number of carbonyl (C=O) groups is 1. The number of hydrogen-bond acceptors (Lipinski definition) is 2. The highest BCUT2D eigenvalue weighted by molar-refractivity contribution is 7.84. The predicted octanol–water partition coefficient (Wildman–Crippen LogP) is 2.47. The highest BCUT2D eigenvalue weighted by atomic mass is 35.5. The van der Waals surface area contributed by atoms with Crippen molar-refractivity contribution in [2.24, 2.45) is 0 Å². The van der Waals surface area contributed by atoms with Crippen molar-refractivity contribution in [2.75, 3.05) is 17.9 Å². The Morgan fingerprint density at radius 2 is 2.12 bits per heavy atom. The molecule has 0 aromatic carbocycles. The van der Waals surface area contributed by atoms with Gasteiger partial charge in [-0.2, -0.15) is 0 Å². The SMILES string of the molecule is Cc1cc(C(=O)CCl)c(C)n1C(C)CS(C)=O. The number of ketones is 1. The van der Waals surface area contributed by atoms with E-state index in [1.54, 1.807) is 6.26 Å². The fourth-order valence-electron chi connectivity index (χ4n) is 2.22. The molecule has 0 aliphatic rings. The zero-order chi connectivity index (χ0) is 13.2. The van der Waals surface area contributed by atoms with Crippen LogP contribution in [0.5, 0.6) is 0 Å². The normalized spacial score (nSPS) is 14.6. The summed E-state index contributed by atoms with van der Waals surface area (Å²) in [5.74, 6) is 0.527. The second-order valence-corrected chi connectivity index (χ2v) is 6.05. The number of rotatable bonds is 5. The molecule has 0 radical (unpaired) electrons. The molecule has 0 spiro atoms. The van der Waals surface area contributed by atoms with E-state index in [2.05, 4.69) is 4.57 Å². The maximum atomic E-state index is 11.6. The molecule has 17 heavy (non-hydrogen) atoms. The van der Waals surface area contributed by atoms with Crippen LogP contribution in [0.1, 0.15) is 34.7 Å². The Balaban J connectivity index is 3.13. The quantitative estimate of drug-likeness (QED) is 0.612. The topological polar surface area (TPSA) is 39.1 Å². The minimum atomic E-state index is -0.848. The molecule has 0 bridgehead atoms. The van der Waals surface area contributed by atoms with Gasteiger partial charge >= 0.3 is 0 Å². The van der Waals surface area contributed by atoms with E-state index >= 15 is 0 Å². The summed E-state index contributed by atoms with van der Waals surface area (Å²) in [6, 6.07) is 1.98. The summed E-state index contributed by atoms with van der Waals surface area (Å²) in [6.45, 7) is 5.87. The van der Waals surface area contributed by atoms with Crippen LogP contribution in [0.25, 0.3) is 0 Å². The smallest absolute Gasteiger partial charge is 0.179 e. The minimum absolute atomic E-state index is 0.00160. The van der Waals surface area contributed by atoms with Gasteiger partial charge < -0.3 is 4.57 Å². The zero-order valence-electron chi connectivity index (χ0n) is 10.6. The Kier molecular flexibility index (Phi) is 4.95. The summed E-state index contributed by atoms with van der Waals surface area (Å²) in [5, 5.41) is 0. The number of hydrogen-bond donors (Lipinski definition) is 0. The van der Waals surface area contributed by atoms with E-state index in [1.807, 2.05) is 26.8 Å². The van der Waals surface area contributed by atoms with Gasteiger partial charge in [0.25, 0.3) is 0 Å². The van der Waals surface area contributed by atoms with E-state index < -0.39 is 10.8 Å². The lowest BCUT2D eigenvalue weighted by Crippen LogP contribution is -2.16. The van der Waals surface area contributed by atoms with Gasteiger partial charge in [0.2, 0.25) is 0 Å². The van der Waals surface area contributed by atoms with Gasteiger partial charge in [0.1, 0.15) is 0 Å². The lowest BCUT2D eigenvalue weighted by Gasteiger charge is -2.17. The largest absolute Gasteiger partial charge is 0.345 e. The molecule has 1 rings (SSSR count). The second kappa shape index (κ2) is 5.83. The highest BCUT2D eigenvalue weighted by Crippen LogP contribution is 2.21. The van der Waals surface area contributed by atoms with Gasteiger partial charge in [0.05, 0.1) is 5.88 Å². The molecule has 0 amide bonds. The third-order valence-corrected chi connectivity index (χ3v) is 4.02. The molecule has 0 fully saturated rings. The average Bonchev–Trinajstić information content (AvgIpc) is 2.52. The molecule has 2 unspecified atom stereocenters. The van der Waals surface area contributed by atoms with Crippen molar-refractivity contribution in [2.45, 2.75) is 26.8 Å². The number of alkyl halides is 1. The average molecular weight is 276 g/mol. The number of halogens is 1. The van der Waals surface area contributed by atoms with Gasteiger partial charge in [-0.3, -0.25) is 9.00 Å². The van der Waals surface area contributed by atoms with Crippen LogP contribution in [0.3, 0.4) is 0 Å². The molecule has 0 aliphatic carbocycles. The maximum Gasteiger partial charge on any atom is 0.179 e. The summed E-state index contributed by atoms with van der Waals surface area (Å²) in [6.07, 6.45) is 1.69.